The fraction of sp³-hybridized carbons (Fsp3) is 0.462. The first-order valence-corrected chi connectivity index (χ1v) is 6.63. The molecule has 0 radical (unpaired) electrons. The third-order valence-corrected chi connectivity index (χ3v) is 3.54. The van der Waals surface area contributed by atoms with E-state index in [0.29, 0.717) is 5.69 Å². The molecular formula is C13H17ClFN3O. The average Bonchev–Trinajstić information content (AvgIpc) is 2.37. The molecule has 1 fully saturated rings. The van der Waals surface area contributed by atoms with E-state index in [1.807, 2.05) is 0 Å². The Bertz CT molecular complexity index is 461. The highest BCUT2D eigenvalue weighted by Crippen LogP contribution is 2.18. The molecule has 0 aliphatic carbocycles. The number of piperidine rings is 1. The van der Waals surface area contributed by atoms with Crippen molar-refractivity contribution in [2.24, 2.45) is 0 Å². The summed E-state index contributed by atoms with van der Waals surface area (Å²) in [4.78, 5) is 14.0. The summed E-state index contributed by atoms with van der Waals surface area (Å²) in [5, 5.41) is 5.54. The molecule has 1 saturated heterocycles. The van der Waals surface area contributed by atoms with Gasteiger partial charge in [0.15, 0.2) is 0 Å². The van der Waals surface area contributed by atoms with Crippen LogP contribution in [0.4, 0.5) is 14.9 Å². The maximum Gasteiger partial charge on any atom is 0.319 e. The Labute approximate surface area is 116 Å². The number of carbonyl (C=O) groups is 1. The first-order valence-electron chi connectivity index (χ1n) is 6.25. The SMILES string of the molecule is CN1CCC(NC(=O)Nc2ccc(Cl)c(F)c2)CC1. The van der Waals surface area contributed by atoms with Crippen LogP contribution < -0.4 is 10.6 Å². The third-order valence-electron chi connectivity index (χ3n) is 3.23. The molecule has 6 heteroatoms. The molecule has 1 aliphatic heterocycles. The molecule has 0 aromatic heterocycles. The Balaban J connectivity index is 1.85. The highest BCUT2D eigenvalue weighted by Gasteiger charge is 2.18. The summed E-state index contributed by atoms with van der Waals surface area (Å²) in [6, 6.07) is 4.06. The van der Waals surface area contributed by atoms with Crippen LogP contribution in [0.2, 0.25) is 5.02 Å². The molecule has 4 nitrogen and oxygen atoms in total. The van der Waals surface area contributed by atoms with Gasteiger partial charge >= 0.3 is 6.03 Å². The van der Waals surface area contributed by atoms with Crippen molar-refractivity contribution in [2.45, 2.75) is 18.9 Å². The summed E-state index contributed by atoms with van der Waals surface area (Å²) in [5.41, 5.74) is 0.396. The quantitative estimate of drug-likeness (QED) is 0.877. The van der Waals surface area contributed by atoms with Crippen LogP contribution in [0.25, 0.3) is 0 Å². The predicted octanol–water partition coefficient (Wildman–Crippen LogP) is 2.69. The largest absolute Gasteiger partial charge is 0.335 e. The Morgan fingerprint density at radius 1 is 1.42 bits per heavy atom. The maximum absolute atomic E-state index is 13.2. The molecule has 0 spiro atoms. The summed E-state index contributed by atoms with van der Waals surface area (Å²) in [6.07, 6.45) is 1.86. The van der Waals surface area contributed by atoms with Gasteiger partial charge in [-0.25, -0.2) is 9.18 Å². The first kappa shape index (κ1) is 14.1. The van der Waals surface area contributed by atoms with E-state index in [1.54, 1.807) is 6.07 Å². The van der Waals surface area contributed by atoms with Crippen molar-refractivity contribution in [3.8, 4) is 0 Å². The maximum atomic E-state index is 13.2. The van der Waals surface area contributed by atoms with Crippen molar-refractivity contribution in [1.82, 2.24) is 10.2 Å². The molecule has 2 amide bonds. The van der Waals surface area contributed by atoms with E-state index in [-0.39, 0.29) is 17.1 Å². The highest BCUT2D eigenvalue weighted by molar-refractivity contribution is 6.30. The Morgan fingerprint density at radius 2 is 2.11 bits per heavy atom. The van der Waals surface area contributed by atoms with Gasteiger partial charge in [-0.1, -0.05) is 11.6 Å². The van der Waals surface area contributed by atoms with E-state index in [4.69, 9.17) is 11.6 Å². The van der Waals surface area contributed by atoms with Crippen LogP contribution in [-0.4, -0.2) is 37.1 Å². The first-order chi connectivity index (χ1) is 9.04. The molecule has 0 atom stereocenters. The van der Waals surface area contributed by atoms with E-state index in [0.717, 1.165) is 25.9 Å². The van der Waals surface area contributed by atoms with E-state index in [9.17, 15) is 9.18 Å². The van der Waals surface area contributed by atoms with Gasteiger partial charge in [-0.15, -0.1) is 0 Å². The lowest BCUT2D eigenvalue weighted by Crippen LogP contribution is -2.44. The Kier molecular flexibility index (Phi) is 4.61. The number of amides is 2. The minimum absolute atomic E-state index is 0.0428. The lowest BCUT2D eigenvalue weighted by atomic mass is 10.1. The van der Waals surface area contributed by atoms with Gasteiger partial charge in [-0.3, -0.25) is 0 Å². The van der Waals surface area contributed by atoms with Crippen LogP contribution in [0.3, 0.4) is 0 Å². The molecule has 0 bridgehead atoms. The fourth-order valence-corrected chi connectivity index (χ4v) is 2.20. The summed E-state index contributed by atoms with van der Waals surface area (Å²) in [6.45, 7) is 1.95. The second-order valence-corrected chi connectivity index (χ2v) is 5.21. The van der Waals surface area contributed by atoms with E-state index >= 15 is 0 Å². The minimum atomic E-state index is -0.543. The number of likely N-dealkylation sites (tertiary alicyclic amines) is 1. The second kappa shape index (κ2) is 6.21. The Morgan fingerprint density at radius 3 is 2.74 bits per heavy atom. The molecule has 0 unspecified atom stereocenters. The van der Waals surface area contributed by atoms with Crippen LogP contribution in [0, 0.1) is 5.82 Å². The van der Waals surface area contributed by atoms with Crippen LogP contribution in [-0.2, 0) is 0 Å². The molecule has 1 aromatic carbocycles. The number of rotatable bonds is 2. The number of urea groups is 1. The van der Waals surface area contributed by atoms with Crippen molar-refractivity contribution in [3.05, 3.63) is 29.0 Å². The van der Waals surface area contributed by atoms with Gasteiger partial charge in [0.2, 0.25) is 0 Å². The monoisotopic (exact) mass is 285 g/mol. The predicted molar refractivity (Wildman–Crippen MR) is 74.1 cm³/mol. The lowest BCUT2D eigenvalue weighted by Gasteiger charge is -2.29. The normalized spacial score (nSPS) is 17.2. The number of carbonyl (C=O) groups excluding carboxylic acids is 1. The number of anilines is 1. The van der Waals surface area contributed by atoms with Crippen molar-refractivity contribution >= 4 is 23.3 Å². The average molecular weight is 286 g/mol. The number of hydrogen-bond donors (Lipinski definition) is 2. The molecule has 104 valence electrons. The van der Waals surface area contributed by atoms with Gasteiger partial charge in [0, 0.05) is 11.7 Å². The van der Waals surface area contributed by atoms with Crippen molar-refractivity contribution < 1.29 is 9.18 Å². The molecule has 2 N–H and O–H groups in total. The third kappa shape index (κ3) is 4.08. The molecule has 2 rings (SSSR count). The van der Waals surface area contributed by atoms with Gasteiger partial charge in [0.1, 0.15) is 5.82 Å². The number of benzene rings is 1. The molecular weight excluding hydrogens is 269 g/mol. The van der Waals surface area contributed by atoms with Crippen molar-refractivity contribution in [2.75, 3.05) is 25.5 Å². The standard InChI is InChI=1S/C13H17ClFN3O/c1-18-6-4-9(5-7-18)16-13(19)17-10-2-3-11(14)12(15)8-10/h2-3,8-9H,4-7H2,1H3,(H2,16,17,19). The van der Waals surface area contributed by atoms with Crippen LogP contribution in [0.15, 0.2) is 18.2 Å². The molecule has 1 heterocycles. The molecule has 1 aromatic rings. The van der Waals surface area contributed by atoms with Gasteiger partial charge < -0.3 is 15.5 Å². The molecule has 19 heavy (non-hydrogen) atoms. The summed E-state index contributed by atoms with van der Waals surface area (Å²) < 4.78 is 13.2. The van der Waals surface area contributed by atoms with E-state index in [2.05, 4.69) is 22.6 Å². The number of halogens is 2. The van der Waals surface area contributed by atoms with E-state index < -0.39 is 5.82 Å². The molecule has 1 aliphatic rings. The van der Waals surface area contributed by atoms with Crippen molar-refractivity contribution in [3.63, 3.8) is 0 Å². The van der Waals surface area contributed by atoms with Crippen LogP contribution in [0.5, 0.6) is 0 Å². The Hall–Kier alpha value is -1.33. The highest BCUT2D eigenvalue weighted by atomic mass is 35.5. The van der Waals surface area contributed by atoms with Crippen LogP contribution >= 0.6 is 11.6 Å². The van der Waals surface area contributed by atoms with Gasteiger partial charge in [-0.05, 0) is 51.2 Å². The number of nitrogens with one attached hydrogen (secondary N) is 2. The van der Waals surface area contributed by atoms with Gasteiger partial charge in [0.25, 0.3) is 0 Å². The summed E-state index contributed by atoms with van der Waals surface area (Å²) >= 11 is 5.58. The topological polar surface area (TPSA) is 44.4 Å². The van der Waals surface area contributed by atoms with Gasteiger partial charge in [-0.2, -0.15) is 0 Å². The molecule has 0 saturated carbocycles. The lowest BCUT2D eigenvalue weighted by molar-refractivity contribution is 0.221. The fourth-order valence-electron chi connectivity index (χ4n) is 2.08. The van der Waals surface area contributed by atoms with Crippen molar-refractivity contribution in [1.29, 1.82) is 0 Å². The van der Waals surface area contributed by atoms with E-state index in [1.165, 1.54) is 12.1 Å². The number of hydrogen-bond acceptors (Lipinski definition) is 2. The van der Waals surface area contributed by atoms with Gasteiger partial charge in [0.05, 0.1) is 5.02 Å². The zero-order chi connectivity index (χ0) is 13.8. The minimum Gasteiger partial charge on any atom is -0.335 e. The smallest absolute Gasteiger partial charge is 0.319 e. The van der Waals surface area contributed by atoms with Crippen LogP contribution in [0.1, 0.15) is 12.8 Å². The zero-order valence-corrected chi connectivity index (χ0v) is 11.5. The second-order valence-electron chi connectivity index (χ2n) is 4.80. The summed E-state index contributed by atoms with van der Waals surface area (Å²) in [5.74, 6) is -0.543. The zero-order valence-electron chi connectivity index (χ0n) is 10.7. The number of nitrogens with zero attached hydrogens (tertiary/aromatic N) is 1. The summed E-state index contributed by atoms with van der Waals surface area (Å²) in [7, 11) is 2.06.